The monoisotopic (exact) mass is 273 g/mol. The minimum atomic E-state index is -0.0868. The number of allylic oxidation sites excluding steroid dienone is 2. The lowest BCUT2D eigenvalue weighted by Gasteiger charge is -2.07. The van der Waals surface area contributed by atoms with E-state index in [1.54, 1.807) is 6.07 Å². The van der Waals surface area contributed by atoms with Crippen molar-refractivity contribution in [2.45, 2.75) is 6.42 Å². The summed E-state index contributed by atoms with van der Waals surface area (Å²) < 4.78 is 2.00. The minimum Gasteiger partial charge on any atom is -0.308 e. The molecule has 1 N–H and O–H groups in total. The highest BCUT2D eigenvalue weighted by atomic mass is 16.1. The molecule has 1 aromatic carbocycles. The van der Waals surface area contributed by atoms with Crippen LogP contribution in [0.1, 0.15) is 5.56 Å². The van der Waals surface area contributed by atoms with E-state index in [0.717, 1.165) is 39.2 Å². The lowest BCUT2D eigenvalue weighted by atomic mass is 10.1. The highest BCUT2D eigenvalue weighted by Gasteiger charge is 2.13. The average molecular weight is 273 g/mol. The van der Waals surface area contributed by atoms with Gasteiger partial charge in [0.05, 0.1) is 5.52 Å². The SMILES string of the molecule is O=c1cc2cccc3nc4c5c(cn4c([nH]1)c23)CC=CC=5. The van der Waals surface area contributed by atoms with Crippen molar-refractivity contribution >= 4 is 33.7 Å². The topological polar surface area (TPSA) is 50.2 Å². The first kappa shape index (κ1) is 10.9. The number of fused-ring (bicyclic) bond motifs is 4. The van der Waals surface area contributed by atoms with E-state index in [0.29, 0.717) is 0 Å². The zero-order chi connectivity index (χ0) is 14.0. The van der Waals surface area contributed by atoms with E-state index >= 15 is 0 Å². The molecule has 0 radical (unpaired) electrons. The largest absolute Gasteiger partial charge is 0.308 e. The van der Waals surface area contributed by atoms with Crippen LogP contribution >= 0.6 is 0 Å². The molecular weight excluding hydrogens is 262 g/mol. The number of rotatable bonds is 0. The van der Waals surface area contributed by atoms with Crippen LogP contribution in [-0.4, -0.2) is 14.4 Å². The first-order valence-corrected chi connectivity index (χ1v) is 6.93. The summed E-state index contributed by atoms with van der Waals surface area (Å²) in [6.07, 6.45) is 9.25. The van der Waals surface area contributed by atoms with Crippen molar-refractivity contribution in [1.82, 2.24) is 14.4 Å². The molecular formula is C17H11N3O. The maximum Gasteiger partial charge on any atom is 0.250 e. The summed E-state index contributed by atoms with van der Waals surface area (Å²) in [5, 5.41) is 3.07. The fraction of sp³-hybridized carbons (Fsp3) is 0.0588. The summed E-state index contributed by atoms with van der Waals surface area (Å²) in [5.74, 6) is 0. The van der Waals surface area contributed by atoms with Crippen molar-refractivity contribution in [2.75, 3.05) is 0 Å². The first-order chi connectivity index (χ1) is 10.3. The van der Waals surface area contributed by atoms with E-state index in [9.17, 15) is 4.79 Å². The molecule has 0 fully saturated rings. The van der Waals surface area contributed by atoms with Gasteiger partial charge in [-0.05, 0) is 23.4 Å². The zero-order valence-corrected chi connectivity index (χ0v) is 11.1. The fourth-order valence-corrected chi connectivity index (χ4v) is 3.23. The van der Waals surface area contributed by atoms with Gasteiger partial charge in [0.2, 0.25) is 5.56 Å². The van der Waals surface area contributed by atoms with Gasteiger partial charge in [-0.15, -0.1) is 0 Å². The standard InChI is InChI=1S/C17H11N3O/c21-14-8-10-5-3-7-13-15(10)17(19-14)20-9-11-4-1-2-6-12(11)16(20)18-13/h1-3,5-9H,4H2,(H,19,21). The van der Waals surface area contributed by atoms with E-state index in [2.05, 4.69) is 29.4 Å². The Hall–Kier alpha value is -2.88. The van der Waals surface area contributed by atoms with Crippen molar-refractivity contribution in [3.8, 4) is 0 Å². The molecule has 0 amide bonds. The van der Waals surface area contributed by atoms with Crippen LogP contribution in [0.5, 0.6) is 0 Å². The molecule has 3 aromatic heterocycles. The molecule has 3 heterocycles. The minimum absolute atomic E-state index is 0.0868. The van der Waals surface area contributed by atoms with Crippen LogP contribution in [-0.2, 0) is 6.42 Å². The van der Waals surface area contributed by atoms with E-state index in [-0.39, 0.29) is 5.56 Å². The van der Waals surface area contributed by atoms with Crippen molar-refractivity contribution in [1.29, 1.82) is 0 Å². The van der Waals surface area contributed by atoms with Gasteiger partial charge in [0, 0.05) is 22.9 Å². The molecule has 0 atom stereocenters. The Balaban J connectivity index is 2.17. The Kier molecular flexibility index (Phi) is 1.86. The van der Waals surface area contributed by atoms with Gasteiger partial charge in [-0.25, -0.2) is 4.98 Å². The molecule has 4 heteroatoms. The van der Waals surface area contributed by atoms with Crippen LogP contribution in [0, 0.1) is 0 Å². The summed E-state index contributed by atoms with van der Waals surface area (Å²) in [5.41, 5.74) is 3.78. The van der Waals surface area contributed by atoms with Crippen molar-refractivity contribution < 1.29 is 0 Å². The Bertz CT molecular complexity index is 1180. The Morgan fingerprint density at radius 2 is 2.24 bits per heavy atom. The van der Waals surface area contributed by atoms with Gasteiger partial charge in [0.1, 0.15) is 11.3 Å². The van der Waals surface area contributed by atoms with Crippen LogP contribution in [0.15, 0.2) is 47.4 Å². The van der Waals surface area contributed by atoms with Gasteiger partial charge in [0.25, 0.3) is 0 Å². The number of aromatic amines is 1. The summed E-state index contributed by atoms with van der Waals surface area (Å²) in [6.45, 7) is 0. The van der Waals surface area contributed by atoms with Gasteiger partial charge in [-0.1, -0.05) is 30.4 Å². The molecule has 0 unspecified atom stereocenters. The molecule has 0 saturated carbocycles. The van der Waals surface area contributed by atoms with E-state index in [1.165, 1.54) is 5.56 Å². The lowest BCUT2D eigenvalue weighted by molar-refractivity contribution is 1.13. The lowest BCUT2D eigenvalue weighted by Crippen LogP contribution is -2.11. The summed E-state index contributed by atoms with van der Waals surface area (Å²) in [4.78, 5) is 19.7. The Labute approximate surface area is 119 Å². The van der Waals surface area contributed by atoms with Gasteiger partial charge in [0.15, 0.2) is 0 Å². The number of pyridine rings is 1. The molecule has 4 aromatic rings. The molecule has 0 saturated heterocycles. The summed E-state index contributed by atoms with van der Waals surface area (Å²) in [6, 6.07) is 7.51. The fourth-order valence-electron chi connectivity index (χ4n) is 3.23. The van der Waals surface area contributed by atoms with Gasteiger partial charge in [-0.3, -0.25) is 9.20 Å². The predicted molar refractivity (Wildman–Crippen MR) is 83.4 cm³/mol. The number of hydrogen-bond donors (Lipinski definition) is 1. The van der Waals surface area contributed by atoms with Crippen molar-refractivity contribution in [3.63, 3.8) is 0 Å². The number of aromatic nitrogens is 3. The van der Waals surface area contributed by atoms with Crippen LogP contribution in [0.25, 0.3) is 33.7 Å². The number of nitrogens with zero attached hydrogens (tertiary/aromatic N) is 2. The Morgan fingerprint density at radius 3 is 3.19 bits per heavy atom. The number of nitrogens with one attached hydrogen (secondary N) is 1. The van der Waals surface area contributed by atoms with Crippen LogP contribution in [0.2, 0.25) is 0 Å². The molecule has 0 bridgehead atoms. The average Bonchev–Trinajstić information content (AvgIpc) is 2.86. The van der Waals surface area contributed by atoms with Crippen molar-refractivity contribution in [2.24, 2.45) is 0 Å². The number of benzene rings is 1. The zero-order valence-electron chi connectivity index (χ0n) is 11.1. The molecule has 1 aliphatic carbocycles. The smallest absolute Gasteiger partial charge is 0.250 e. The molecule has 0 spiro atoms. The van der Waals surface area contributed by atoms with Crippen LogP contribution < -0.4 is 10.8 Å². The van der Waals surface area contributed by atoms with Crippen LogP contribution in [0.3, 0.4) is 0 Å². The maximum atomic E-state index is 11.9. The molecule has 1 aliphatic rings. The van der Waals surface area contributed by atoms with Gasteiger partial charge in [-0.2, -0.15) is 0 Å². The third kappa shape index (κ3) is 1.34. The quantitative estimate of drug-likeness (QED) is 0.532. The van der Waals surface area contributed by atoms with E-state index in [1.807, 2.05) is 22.6 Å². The third-order valence-corrected chi connectivity index (χ3v) is 4.14. The molecule has 100 valence electrons. The van der Waals surface area contributed by atoms with Crippen molar-refractivity contribution in [3.05, 3.63) is 63.8 Å². The van der Waals surface area contributed by atoms with E-state index < -0.39 is 0 Å². The normalized spacial score (nSPS) is 13.9. The Morgan fingerprint density at radius 1 is 1.29 bits per heavy atom. The molecule has 21 heavy (non-hydrogen) atoms. The summed E-state index contributed by atoms with van der Waals surface area (Å²) >= 11 is 0. The van der Waals surface area contributed by atoms with E-state index in [4.69, 9.17) is 4.98 Å². The number of H-pyrrole nitrogens is 1. The van der Waals surface area contributed by atoms with Gasteiger partial charge >= 0.3 is 0 Å². The molecule has 5 rings (SSSR count). The number of hydrogen-bond acceptors (Lipinski definition) is 2. The first-order valence-electron chi connectivity index (χ1n) is 6.93. The second kappa shape index (κ2) is 3.61. The molecule has 4 nitrogen and oxygen atoms in total. The van der Waals surface area contributed by atoms with Gasteiger partial charge < -0.3 is 4.98 Å². The maximum absolute atomic E-state index is 11.9. The highest BCUT2D eigenvalue weighted by Crippen LogP contribution is 2.23. The second-order valence-electron chi connectivity index (χ2n) is 5.40. The second-order valence-corrected chi connectivity index (χ2v) is 5.40. The summed E-state index contributed by atoms with van der Waals surface area (Å²) in [7, 11) is 0. The van der Waals surface area contributed by atoms with Crippen LogP contribution in [0.4, 0.5) is 0 Å². The predicted octanol–water partition coefficient (Wildman–Crippen LogP) is 1.94. The third-order valence-electron chi connectivity index (χ3n) is 4.14. The molecule has 0 aliphatic heterocycles. The highest BCUT2D eigenvalue weighted by molar-refractivity contribution is 6.06.